The van der Waals surface area contributed by atoms with Crippen LogP contribution in [0.5, 0.6) is 0 Å². The van der Waals surface area contributed by atoms with Crippen molar-refractivity contribution in [1.29, 1.82) is 0 Å². The first-order valence-corrected chi connectivity index (χ1v) is 9.95. The first-order valence-electron chi connectivity index (χ1n) is 8.51. The minimum absolute atomic E-state index is 0.137. The van der Waals surface area contributed by atoms with Crippen LogP contribution in [0.4, 0.5) is 11.5 Å². The van der Waals surface area contributed by atoms with E-state index in [4.69, 9.17) is 5.73 Å². The van der Waals surface area contributed by atoms with Crippen LogP contribution < -0.4 is 14.9 Å². The van der Waals surface area contributed by atoms with Crippen molar-refractivity contribution in [1.82, 2.24) is 4.98 Å². The highest BCUT2D eigenvalue weighted by molar-refractivity contribution is 7.92. The van der Waals surface area contributed by atoms with Crippen molar-refractivity contribution in [3.8, 4) is 0 Å². The number of carbonyl (C=O) groups excluding carboxylic acids is 1. The third kappa shape index (κ3) is 3.50. The summed E-state index contributed by atoms with van der Waals surface area (Å²) < 4.78 is 27.2. The third-order valence-corrected chi connectivity index (χ3v) is 6.44. The molecule has 1 aromatic heterocycles. The largest absolute Gasteiger partial charge is 0.369 e. The highest BCUT2D eigenvalue weighted by Crippen LogP contribution is 2.26. The topological polar surface area (TPSA) is 96.6 Å². The molecule has 0 radical (unpaired) electrons. The standard InChI is InChI=1S/C18H22N4O3S/c1-2-22(15-6-4-3-5-7-15)26(24,25)16-8-9-17(20-12-16)21-11-10-14(13-21)18(19)23/h3-9,12,14H,2,10-11,13H2,1H3,(H2,19,23). The summed E-state index contributed by atoms with van der Waals surface area (Å²) in [5, 5.41) is 0. The molecule has 1 aliphatic heterocycles. The molecule has 2 aromatic rings. The molecule has 1 atom stereocenters. The zero-order valence-electron chi connectivity index (χ0n) is 14.6. The Kier molecular flexibility index (Phi) is 5.13. The summed E-state index contributed by atoms with van der Waals surface area (Å²) in [6, 6.07) is 12.2. The van der Waals surface area contributed by atoms with Crippen molar-refractivity contribution < 1.29 is 13.2 Å². The highest BCUT2D eigenvalue weighted by atomic mass is 32.2. The predicted octanol–water partition coefficient (Wildman–Crippen LogP) is 1.61. The number of para-hydroxylation sites is 1. The first-order chi connectivity index (χ1) is 12.4. The van der Waals surface area contributed by atoms with E-state index < -0.39 is 10.0 Å². The van der Waals surface area contributed by atoms with Gasteiger partial charge >= 0.3 is 0 Å². The number of carbonyl (C=O) groups is 1. The Labute approximate surface area is 153 Å². The van der Waals surface area contributed by atoms with Crippen molar-refractivity contribution in [2.45, 2.75) is 18.2 Å². The van der Waals surface area contributed by atoms with Crippen molar-refractivity contribution in [3.63, 3.8) is 0 Å². The fourth-order valence-corrected chi connectivity index (χ4v) is 4.55. The number of anilines is 2. The lowest BCUT2D eigenvalue weighted by atomic mass is 10.1. The van der Waals surface area contributed by atoms with Crippen LogP contribution in [0.15, 0.2) is 53.6 Å². The van der Waals surface area contributed by atoms with Crippen molar-refractivity contribution in [2.75, 3.05) is 28.8 Å². The number of sulfonamides is 1. The van der Waals surface area contributed by atoms with E-state index in [9.17, 15) is 13.2 Å². The average Bonchev–Trinajstić information content (AvgIpc) is 3.14. The second-order valence-corrected chi connectivity index (χ2v) is 8.05. The molecule has 7 nitrogen and oxygen atoms in total. The van der Waals surface area contributed by atoms with Crippen LogP contribution in [-0.4, -0.2) is 38.9 Å². The van der Waals surface area contributed by atoms with Crippen molar-refractivity contribution >= 4 is 27.4 Å². The fourth-order valence-electron chi connectivity index (χ4n) is 3.13. The van der Waals surface area contributed by atoms with Crippen molar-refractivity contribution in [2.24, 2.45) is 11.7 Å². The molecule has 0 bridgehead atoms. The fraction of sp³-hybridized carbons (Fsp3) is 0.333. The summed E-state index contributed by atoms with van der Waals surface area (Å²) in [4.78, 5) is 17.7. The quantitative estimate of drug-likeness (QED) is 0.828. The van der Waals surface area contributed by atoms with Gasteiger partial charge in [-0.15, -0.1) is 0 Å². The molecule has 1 fully saturated rings. The number of pyridine rings is 1. The van der Waals surface area contributed by atoms with E-state index in [0.29, 0.717) is 37.6 Å². The summed E-state index contributed by atoms with van der Waals surface area (Å²) >= 11 is 0. The Morgan fingerprint density at radius 3 is 2.54 bits per heavy atom. The SMILES string of the molecule is CCN(c1ccccc1)S(=O)(=O)c1ccc(N2CCC(C(N)=O)C2)nc1. The predicted molar refractivity (Wildman–Crippen MR) is 100 cm³/mol. The minimum Gasteiger partial charge on any atom is -0.369 e. The van der Waals surface area contributed by atoms with Gasteiger partial charge in [0, 0.05) is 25.8 Å². The molecule has 0 saturated carbocycles. The highest BCUT2D eigenvalue weighted by Gasteiger charge is 2.28. The van der Waals surface area contributed by atoms with Crippen LogP contribution in [0.25, 0.3) is 0 Å². The second kappa shape index (κ2) is 7.33. The van der Waals surface area contributed by atoms with Gasteiger partial charge in [0.1, 0.15) is 10.7 Å². The monoisotopic (exact) mass is 374 g/mol. The van der Waals surface area contributed by atoms with Gasteiger partial charge in [0.15, 0.2) is 0 Å². The van der Waals surface area contributed by atoms with E-state index in [1.165, 1.54) is 10.5 Å². The number of hydrogen-bond donors (Lipinski definition) is 1. The zero-order valence-corrected chi connectivity index (χ0v) is 15.4. The number of hydrogen-bond acceptors (Lipinski definition) is 5. The van der Waals surface area contributed by atoms with Crippen LogP contribution in [0.1, 0.15) is 13.3 Å². The number of primary amides is 1. The number of benzene rings is 1. The molecule has 1 aliphatic rings. The van der Waals surface area contributed by atoms with Crippen LogP contribution in [0.2, 0.25) is 0 Å². The maximum atomic E-state index is 12.9. The molecule has 1 aromatic carbocycles. The lowest BCUT2D eigenvalue weighted by Crippen LogP contribution is -2.31. The maximum Gasteiger partial charge on any atom is 0.265 e. The van der Waals surface area contributed by atoms with E-state index in [-0.39, 0.29) is 16.7 Å². The molecule has 2 heterocycles. The molecule has 0 aliphatic carbocycles. The normalized spacial score (nSPS) is 17.3. The molecular formula is C18H22N4O3S. The van der Waals surface area contributed by atoms with E-state index in [1.807, 2.05) is 11.0 Å². The third-order valence-electron chi connectivity index (χ3n) is 4.55. The average molecular weight is 374 g/mol. The molecule has 2 N–H and O–H groups in total. The van der Waals surface area contributed by atoms with Crippen LogP contribution >= 0.6 is 0 Å². The number of amides is 1. The van der Waals surface area contributed by atoms with Gasteiger partial charge in [0.25, 0.3) is 10.0 Å². The van der Waals surface area contributed by atoms with E-state index >= 15 is 0 Å². The molecule has 26 heavy (non-hydrogen) atoms. The van der Waals surface area contributed by atoms with Gasteiger partial charge in [-0.2, -0.15) is 0 Å². The Balaban J connectivity index is 1.82. The van der Waals surface area contributed by atoms with Gasteiger partial charge in [0.05, 0.1) is 11.6 Å². The second-order valence-electron chi connectivity index (χ2n) is 6.19. The van der Waals surface area contributed by atoms with Crippen molar-refractivity contribution in [3.05, 3.63) is 48.7 Å². The molecule has 0 spiro atoms. The Bertz CT molecular complexity index is 869. The van der Waals surface area contributed by atoms with E-state index in [0.717, 1.165) is 0 Å². The summed E-state index contributed by atoms with van der Waals surface area (Å²) in [6.45, 7) is 3.30. The number of rotatable bonds is 6. The smallest absolute Gasteiger partial charge is 0.265 e. The van der Waals surface area contributed by atoms with Gasteiger partial charge < -0.3 is 10.6 Å². The number of nitrogens with zero attached hydrogens (tertiary/aromatic N) is 3. The molecule has 8 heteroatoms. The van der Waals surface area contributed by atoms with Gasteiger partial charge in [-0.25, -0.2) is 13.4 Å². The molecular weight excluding hydrogens is 352 g/mol. The molecule has 1 unspecified atom stereocenters. The first kappa shape index (κ1) is 18.2. The van der Waals surface area contributed by atoms with E-state index in [1.54, 1.807) is 43.3 Å². The molecule has 1 amide bonds. The Hall–Kier alpha value is -2.61. The van der Waals surface area contributed by atoms with E-state index in [2.05, 4.69) is 4.98 Å². The summed E-state index contributed by atoms with van der Waals surface area (Å²) in [5.41, 5.74) is 5.97. The van der Waals surface area contributed by atoms with Crippen LogP contribution in [-0.2, 0) is 14.8 Å². The summed E-state index contributed by atoms with van der Waals surface area (Å²) in [5.74, 6) is 0.150. The lowest BCUT2D eigenvalue weighted by Gasteiger charge is -2.23. The van der Waals surface area contributed by atoms with Crippen LogP contribution in [0.3, 0.4) is 0 Å². The lowest BCUT2D eigenvalue weighted by molar-refractivity contribution is -0.121. The number of aromatic nitrogens is 1. The Morgan fingerprint density at radius 2 is 2.00 bits per heavy atom. The summed E-state index contributed by atoms with van der Waals surface area (Å²) in [6.07, 6.45) is 2.06. The van der Waals surface area contributed by atoms with Gasteiger partial charge in [-0.3, -0.25) is 9.10 Å². The number of nitrogens with two attached hydrogens (primary N) is 1. The molecule has 138 valence electrons. The Morgan fingerprint density at radius 1 is 1.27 bits per heavy atom. The molecule has 3 rings (SSSR count). The minimum atomic E-state index is -3.69. The van der Waals surface area contributed by atoms with Gasteiger partial charge in [-0.1, -0.05) is 18.2 Å². The summed E-state index contributed by atoms with van der Waals surface area (Å²) in [7, 11) is -3.69. The molecule has 1 saturated heterocycles. The van der Waals surface area contributed by atoms with Crippen LogP contribution in [0, 0.1) is 5.92 Å². The zero-order chi connectivity index (χ0) is 18.7. The van der Waals surface area contributed by atoms with Gasteiger partial charge in [0.2, 0.25) is 5.91 Å². The maximum absolute atomic E-state index is 12.9. The van der Waals surface area contributed by atoms with Gasteiger partial charge in [-0.05, 0) is 37.6 Å².